The summed E-state index contributed by atoms with van der Waals surface area (Å²) in [6, 6.07) is 4.45. The van der Waals surface area contributed by atoms with Crippen molar-refractivity contribution in [2.75, 3.05) is 12.4 Å². The molecule has 0 bridgehead atoms. The van der Waals surface area contributed by atoms with Crippen molar-refractivity contribution in [3.8, 4) is 0 Å². The number of halogens is 1. The van der Waals surface area contributed by atoms with Crippen LogP contribution >= 0.6 is 0 Å². The molecule has 1 aromatic rings. The van der Waals surface area contributed by atoms with Crippen LogP contribution in [-0.4, -0.2) is 27.5 Å². The fourth-order valence-electron chi connectivity index (χ4n) is 2.54. The molecule has 0 amide bonds. The third-order valence-corrected chi connectivity index (χ3v) is 4.68. The lowest BCUT2D eigenvalue weighted by Crippen LogP contribution is -2.35. The number of anilines is 1. The summed E-state index contributed by atoms with van der Waals surface area (Å²) in [4.78, 5) is -0.209. The minimum Gasteiger partial charge on any atom is -0.380 e. The van der Waals surface area contributed by atoms with Gasteiger partial charge in [0.25, 0.3) is 0 Å². The SMILES string of the molecule is CNC1CCC(Nc2ccc(S(N)(=O)=O)cc2F)CC1. The molecule has 20 heavy (non-hydrogen) atoms. The van der Waals surface area contributed by atoms with Gasteiger partial charge in [0, 0.05) is 12.1 Å². The lowest BCUT2D eigenvalue weighted by molar-refractivity contribution is 0.371. The second-order valence-electron chi connectivity index (χ2n) is 5.17. The molecule has 0 atom stereocenters. The predicted octanol–water partition coefficient (Wildman–Crippen LogP) is 1.42. The second-order valence-corrected chi connectivity index (χ2v) is 6.73. The zero-order valence-corrected chi connectivity index (χ0v) is 12.2. The first kappa shape index (κ1) is 15.2. The van der Waals surface area contributed by atoms with E-state index in [1.54, 1.807) is 0 Å². The molecule has 0 aliphatic heterocycles. The Bertz CT molecular complexity index is 569. The topological polar surface area (TPSA) is 84.2 Å². The molecule has 5 nitrogen and oxygen atoms in total. The molecule has 1 aliphatic carbocycles. The summed E-state index contributed by atoms with van der Waals surface area (Å²) in [5.41, 5.74) is 0.324. The van der Waals surface area contributed by atoms with Crippen molar-refractivity contribution in [2.24, 2.45) is 5.14 Å². The first-order chi connectivity index (χ1) is 9.40. The molecule has 0 radical (unpaired) electrons. The first-order valence-electron chi connectivity index (χ1n) is 6.66. The average molecular weight is 301 g/mol. The lowest BCUT2D eigenvalue weighted by Gasteiger charge is -2.29. The van der Waals surface area contributed by atoms with Crippen LogP contribution in [-0.2, 0) is 10.0 Å². The van der Waals surface area contributed by atoms with E-state index in [4.69, 9.17) is 5.14 Å². The third kappa shape index (κ3) is 3.68. The van der Waals surface area contributed by atoms with Gasteiger partial charge in [-0.05, 0) is 50.9 Å². The molecule has 0 unspecified atom stereocenters. The molecule has 0 heterocycles. The predicted molar refractivity (Wildman–Crippen MR) is 76.5 cm³/mol. The van der Waals surface area contributed by atoms with Gasteiger partial charge in [0.2, 0.25) is 10.0 Å². The van der Waals surface area contributed by atoms with Crippen LogP contribution in [0.15, 0.2) is 23.1 Å². The minimum absolute atomic E-state index is 0.209. The molecule has 0 aromatic heterocycles. The second kappa shape index (κ2) is 6.07. The first-order valence-corrected chi connectivity index (χ1v) is 8.21. The molecule has 1 saturated carbocycles. The van der Waals surface area contributed by atoms with E-state index in [1.165, 1.54) is 12.1 Å². The van der Waals surface area contributed by atoms with Gasteiger partial charge in [0.05, 0.1) is 10.6 Å². The van der Waals surface area contributed by atoms with E-state index in [0.29, 0.717) is 11.7 Å². The summed E-state index contributed by atoms with van der Waals surface area (Å²) < 4.78 is 36.2. The molecule has 1 fully saturated rings. The van der Waals surface area contributed by atoms with E-state index in [2.05, 4.69) is 10.6 Å². The molecular weight excluding hydrogens is 281 g/mol. The maximum atomic E-state index is 13.9. The van der Waals surface area contributed by atoms with Crippen LogP contribution in [0.2, 0.25) is 0 Å². The molecule has 0 spiro atoms. The molecule has 7 heteroatoms. The monoisotopic (exact) mass is 301 g/mol. The Labute approximate surface area is 118 Å². The highest BCUT2D eigenvalue weighted by Crippen LogP contribution is 2.24. The Morgan fingerprint density at radius 1 is 1.20 bits per heavy atom. The number of hydrogen-bond acceptors (Lipinski definition) is 4. The van der Waals surface area contributed by atoms with Crippen molar-refractivity contribution < 1.29 is 12.8 Å². The maximum Gasteiger partial charge on any atom is 0.238 e. The molecule has 112 valence electrons. The fourth-order valence-corrected chi connectivity index (χ4v) is 3.06. The maximum absolute atomic E-state index is 13.9. The molecular formula is C13H20FN3O2S. The van der Waals surface area contributed by atoms with E-state index in [0.717, 1.165) is 31.7 Å². The van der Waals surface area contributed by atoms with Gasteiger partial charge in [0.15, 0.2) is 0 Å². The number of nitrogens with one attached hydrogen (secondary N) is 2. The lowest BCUT2D eigenvalue weighted by atomic mass is 9.91. The van der Waals surface area contributed by atoms with Crippen molar-refractivity contribution >= 4 is 15.7 Å². The normalized spacial score (nSPS) is 23.6. The van der Waals surface area contributed by atoms with Gasteiger partial charge in [-0.15, -0.1) is 0 Å². The van der Waals surface area contributed by atoms with Gasteiger partial charge in [-0.1, -0.05) is 0 Å². The van der Waals surface area contributed by atoms with E-state index in [9.17, 15) is 12.8 Å². The molecule has 2 rings (SSSR count). The number of nitrogens with two attached hydrogens (primary N) is 1. The van der Waals surface area contributed by atoms with Crippen LogP contribution < -0.4 is 15.8 Å². The molecule has 1 aliphatic rings. The summed E-state index contributed by atoms with van der Waals surface area (Å²) in [5.74, 6) is -0.590. The van der Waals surface area contributed by atoms with Gasteiger partial charge in [-0.25, -0.2) is 17.9 Å². The highest BCUT2D eigenvalue weighted by atomic mass is 32.2. The number of benzene rings is 1. The summed E-state index contributed by atoms with van der Waals surface area (Å²) in [6.45, 7) is 0. The number of primary sulfonamides is 1. The van der Waals surface area contributed by atoms with Crippen LogP contribution in [0.25, 0.3) is 0 Å². The summed E-state index contributed by atoms with van der Waals surface area (Å²) >= 11 is 0. The van der Waals surface area contributed by atoms with Crippen LogP contribution in [0.1, 0.15) is 25.7 Å². The highest BCUT2D eigenvalue weighted by Gasteiger charge is 2.21. The summed E-state index contributed by atoms with van der Waals surface area (Å²) in [7, 11) is -1.91. The third-order valence-electron chi connectivity index (χ3n) is 3.76. The number of rotatable bonds is 4. The summed E-state index contributed by atoms with van der Waals surface area (Å²) in [5, 5.41) is 11.3. The van der Waals surface area contributed by atoms with Gasteiger partial charge in [-0.3, -0.25) is 0 Å². The Balaban J connectivity index is 2.04. The molecule has 0 saturated heterocycles. The fraction of sp³-hybridized carbons (Fsp3) is 0.538. The van der Waals surface area contributed by atoms with Crippen LogP contribution in [0.5, 0.6) is 0 Å². The van der Waals surface area contributed by atoms with E-state index in [1.807, 2.05) is 7.05 Å². The Morgan fingerprint density at radius 3 is 2.30 bits per heavy atom. The number of sulfonamides is 1. The van der Waals surface area contributed by atoms with Crippen LogP contribution in [0.4, 0.5) is 10.1 Å². The minimum atomic E-state index is -3.86. The van der Waals surface area contributed by atoms with Gasteiger partial charge in [-0.2, -0.15) is 0 Å². The van der Waals surface area contributed by atoms with Crippen molar-refractivity contribution in [1.29, 1.82) is 0 Å². The zero-order valence-electron chi connectivity index (χ0n) is 11.4. The Hall–Kier alpha value is -1.18. The quantitative estimate of drug-likeness (QED) is 0.785. The van der Waals surface area contributed by atoms with Crippen molar-refractivity contribution in [3.05, 3.63) is 24.0 Å². The molecule has 4 N–H and O–H groups in total. The smallest absolute Gasteiger partial charge is 0.238 e. The molecule has 1 aromatic carbocycles. The largest absolute Gasteiger partial charge is 0.380 e. The summed E-state index contributed by atoms with van der Waals surface area (Å²) in [6.07, 6.45) is 4.01. The number of hydrogen-bond donors (Lipinski definition) is 3. The van der Waals surface area contributed by atoms with Crippen LogP contribution in [0, 0.1) is 5.82 Å². The van der Waals surface area contributed by atoms with Crippen molar-refractivity contribution in [3.63, 3.8) is 0 Å². The zero-order chi connectivity index (χ0) is 14.8. The van der Waals surface area contributed by atoms with Crippen LogP contribution in [0.3, 0.4) is 0 Å². The standard InChI is InChI=1S/C13H20FN3O2S/c1-16-9-2-4-10(5-3-9)17-13-7-6-11(8-12(13)14)20(15,18)19/h6-10,16-17H,2-5H2,1H3,(H2,15,18,19). The van der Waals surface area contributed by atoms with Gasteiger partial charge >= 0.3 is 0 Å². The highest BCUT2D eigenvalue weighted by molar-refractivity contribution is 7.89. The van der Waals surface area contributed by atoms with Crippen molar-refractivity contribution in [1.82, 2.24) is 5.32 Å². The van der Waals surface area contributed by atoms with E-state index >= 15 is 0 Å². The van der Waals surface area contributed by atoms with Gasteiger partial charge < -0.3 is 10.6 Å². The van der Waals surface area contributed by atoms with E-state index < -0.39 is 15.8 Å². The Morgan fingerprint density at radius 2 is 1.80 bits per heavy atom. The van der Waals surface area contributed by atoms with Gasteiger partial charge in [0.1, 0.15) is 5.82 Å². The van der Waals surface area contributed by atoms with E-state index in [-0.39, 0.29) is 10.9 Å². The Kier molecular flexibility index (Phi) is 4.62. The van der Waals surface area contributed by atoms with Crippen molar-refractivity contribution in [2.45, 2.75) is 42.7 Å². The average Bonchev–Trinajstić information content (AvgIpc) is 2.41.